The van der Waals surface area contributed by atoms with E-state index in [-0.39, 0.29) is 30.0 Å². The molecule has 1 saturated carbocycles. The third-order valence-corrected chi connectivity index (χ3v) is 11.8. The standard InChI is InChI=1S/C46H50O10/c1-52-17-7-12-40-42(44(51)38-24-41(55-32-10-4-3-5-11-32)36-22-31(49)14-16-35(36)46(38)56-40)39-25-54-45-28(21-33(53-2)23-37(45)43(39)50)18-27-20-30(48)13-15-34(27)26-8-6-9-29(47)19-26/h6,8-9,13-16,19-24,32,39-40,42-44,47-51H,3-5,7,10-12,17-18,25H2,1-2H3. The molecule has 0 spiro atoms. The number of phenolic OH excluding ortho intramolecular Hbond substituents is 3. The molecule has 1 fully saturated rings. The van der Waals surface area contributed by atoms with Gasteiger partial charge < -0.3 is 49.2 Å². The molecule has 56 heavy (non-hydrogen) atoms. The van der Waals surface area contributed by atoms with Crippen LogP contribution in [0.4, 0.5) is 0 Å². The van der Waals surface area contributed by atoms with E-state index in [9.17, 15) is 25.5 Å². The fraction of sp³-hybridized carbons (Fsp3) is 0.391. The Morgan fingerprint density at radius 1 is 0.732 bits per heavy atom. The van der Waals surface area contributed by atoms with Gasteiger partial charge in [0.15, 0.2) is 0 Å². The summed E-state index contributed by atoms with van der Waals surface area (Å²) in [5.74, 6) is 1.41. The molecule has 0 bridgehead atoms. The van der Waals surface area contributed by atoms with Gasteiger partial charge in [-0.15, -0.1) is 0 Å². The Hall–Kier alpha value is -5.16. The second-order valence-corrected chi connectivity index (χ2v) is 15.4. The first kappa shape index (κ1) is 37.7. The van der Waals surface area contributed by atoms with Crippen molar-refractivity contribution in [2.45, 2.75) is 75.8 Å². The van der Waals surface area contributed by atoms with Gasteiger partial charge in [0.2, 0.25) is 0 Å². The molecule has 2 aliphatic heterocycles. The van der Waals surface area contributed by atoms with Crippen molar-refractivity contribution < 1.29 is 49.2 Å². The normalized spacial score (nSPS) is 22.1. The Labute approximate surface area is 326 Å². The fourth-order valence-corrected chi connectivity index (χ4v) is 9.05. The summed E-state index contributed by atoms with van der Waals surface area (Å²) in [5.41, 5.74) is 4.29. The average Bonchev–Trinajstić information content (AvgIpc) is 3.19. The predicted molar refractivity (Wildman–Crippen MR) is 212 cm³/mol. The first-order valence-electron chi connectivity index (χ1n) is 19.6. The van der Waals surface area contributed by atoms with Gasteiger partial charge >= 0.3 is 0 Å². The third kappa shape index (κ3) is 7.41. The molecule has 0 saturated heterocycles. The van der Waals surface area contributed by atoms with Crippen LogP contribution >= 0.6 is 0 Å². The zero-order valence-electron chi connectivity index (χ0n) is 31.8. The van der Waals surface area contributed by atoms with Crippen LogP contribution < -0.4 is 18.9 Å². The first-order chi connectivity index (χ1) is 27.2. The van der Waals surface area contributed by atoms with Gasteiger partial charge in [-0.05, 0) is 116 Å². The summed E-state index contributed by atoms with van der Waals surface area (Å²) in [4.78, 5) is 0. The highest BCUT2D eigenvalue weighted by Gasteiger charge is 2.48. The van der Waals surface area contributed by atoms with Crippen LogP contribution in [0.3, 0.4) is 0 Å². The van der Waals surface area contributed by atoms with Crippen molar-refractivity contribution in [2.24, 2.45) is 11.8 Å². The minimum absolute atomic E-state index is 0.0385. The summed E-state index contributed by atoms with van der Waals surface area (Å²) >= 11 is 0. The number of methoxy groups -OCH3 is 2. The Kier molecular flexibility index (Phi) is 10.9. The van der Waals surface area contributed by atoms with Gasteiger partial charge in [-0.1, -0.05) is 24.6 Å². The maximum absolute atomic E-state index is 12.5. The fourth-order valence-electron chi connectivity index (χ4n) is 9.05. The minimum Gasteiger partial charge on any atom is -0.508 e. The third-order valence-electron chi connectivity index (χ3n) is 11.8. The highest BCUT2D eigenvalue weighted by Crippen LogP contribution is 2.54. The topological polar surface area (TPSA) is 147 Å². The molecule has 294 valence electrons. The quantitative estimate of drug-likeness (QED) is 0.0830. The second-order valence-electron chi connectivity index (χ2n) is 15.4. The van der Waals surface area contributed by atoms with Crippen molar-refractivity contribution in [1.82, 2.24) is 0 Å². The molecule has 5 unspecified atom stereocenters. The number of ether oxygens (including phenoxy) is 5. The Bertz CT molecular complexity index is 2190. The van der Waals surface area contributed by atoms with Gasteiger partial charge in [-0.3, -0.25) is 0 Å². The van der Waals surface area contributed by atoms with E-state index in [1.54, 1.807) is 62.8 Å². The van der Waals surface area contributed by atoms with E-state index in [4.69, 9.17) is 23.7 Å². The molecule has 5 atom stereocenters. The number of phenols is 3. The summed E-state index contributed by atoms with van der Waals surface area (Å²) in [7, 11) is 3.23. The lowest BCUT2D eigenvalue weighted by Gasteiger charge is -2.45. The van der Waals surface area contributed by atoms with Gasteiger partial charge in [-0.25, -0.2) is 0 Å². The number of hydrogen-bond donors (Lipinski definition) is 5. The van der Waals surface area contributed by atoms with E-state index >= 15 is 0 Å². The molecule has 0 aromatic heterocycles. The number of aliphatic hydroxyl groups is 2. The number of rotatable bonds is 11. The van der Waals surface area contributed by atoms with Crippen molar-refractivity contribution in [3.05, 3.63) is 101 Å². The van der Waals surface area contributed by atoms with E-state index in [2.05, 4.69) is 0 Å². The molecular formula is C46H50O10. The van der Waals surface area contributed by atoms with Crippen molar-refractivity contribution in [3.8, 4) is 51.4 Å². The number of fused-ring (bicyclic) bond motifs is 4. The molecule has 5 aromatic rings. The van der Waals surface area contributed by atoms with Crippen LogP contribution in [0.1, 0.15) is 79.4 Å². The van der Waals surface area contributed by atoms with E-state index in [1.807, 2.05) is 30.3 Å². The highest BCUT2D eigenvalue weighted by molar-refractivity contribution is 5.96. The number of hydrogen-bond acceptors (Lipinski definition) is 10. The zero-order valence-corrected chi connectivity index (χ0v) is 31.8. The molecule has 1 aliphatic carbocycles. The maximum atomic E-state index is 12.5. The molecule has 10 heteroatoms. The lowest BCUT2D eigenvalue weighted by atomic mass is 9.72. The first-order valence-corrected chi connectivity index (χ1v) is 19.6. The molecule has 5 aromatic carbocycles. The van der Waals surface area contributed by atoms with Crippen LogP contribution in [-0.4, -0.2) is 65.2 Å². The molecule has 3 aliphatic rings. The monoisotopic (exact) mass is 762 g/mol. The lowest BCUT2D eigenvalue weighted by Crippen LogP contribution is -2.46. The van der Waals surface area contributed by atoms with Crippen molar-refractivity contribution >= 4 is 10.8 Å². The van der Waals surface area contributed by atoms with Crippen LogP contribution in [0.2, 0.25) is 0 Å². The van der Waals surface area contributed by atoms with Gasteiger partial charge in [0.1, 0.15) is 46.4 Å². The van der Waals surface area contributed by atoms with E-state index in [0.717, 1.165) is 58.7 Å². The van der Waals surface area contributed by atoms with Gasteiger partial charge in [0.25, 0.3) is 0 Å². The molecule has 8 rings (SSSR count). The molecule has 0 radical (unpaired) electrons. The van der Waals surface area contributed by atoms with Gasteiger partial charge in [0.05, 0.1) is 32.0 Å². The largest absolute Gasteiger partial charge is 0.508 e. The number of benzene rings is 5. The van der Waals surface area contributed by atoms with E-state index in [0.29, 0.717) is 60.0 Å². The van der Waals surface area contributed by atoms with Crippen molar-refractivity contribution in [2.75, 3.05) is 27.4 Å². The lowest BCUT2D eigenvalue weighted by molar-refractivity contribution is -0.0884. The number of aromatic hydroxyl groups is 3. The van der Waals surface area contributed by atoms with Crippen LogP contribution in [0.5, 0.6) is 40.2 Å². The predicted octanol–water partition coefficient (Wildman–Crippen LogP) is 8.51. The van der Waals surface area contributed by atoms with Gasteiger partial charge in [0, 0.05) is 59.4 Å². The van der Waals surface area contributed by atoms with Gasteiger partial charge in [-0.2, -0.15) is 0 Å². The molecular weight excluding hydrogens is 712 g/mol. The highest BCUT2D eigenvalue weighted by atomic mass is 16.5. The summed E-state index contributed by atoms with van der Waals surface area (Å²) in [5, 5.41) is 57.6. The molecule has 0 amide bonds. The van der Waals surface area contributed by atoms with Crippen LogP contribution in [0, 0.1) is 11.8 Å². The van der Waals surface area contributed by atoms with Crippen LogP contribution in [-0.2, 0) is 11.2 Å². The maximum Gasteiger partial charge on any atom is 0.133 e. The molecule has 2 heterocycles. The molecule has 5 N–H and O–H groups in total. The smallest absolute Gasteiger partial charge is 0.133 e. The average molecular weight is 763 g/mol. The Morgan fingerprint density at radius 2 is 1.50 bits per heavy atom. The zero-order chi connectivity index (χ0) is 38.9. The summed E-state index contributed by atoms with van der Waals surface area (Å²) in [6, 6.07) is 22.8. The minimum atomic E-state index is -1.05. The summed E-state index contributed by atoms with van der Waals surface area (Å²) < 4.78 is 31.3. The Balaban J connectivity index is 1.17. The Morgan fingerprint density at radius 3 is 2.29 bits per heavy atom. The van der Waals surface area contributed by atoms with Crippen LogP contribution in [0.25, 0.3) is 21.9 Å². The van der Waals surface area contributed by atoms with Crippen LogP contribution in [0.15, 0.2) is 78.9 Å². The summed E-state index contributed by atoms with van der Waals surface area (Å²) in [6.07, 6.45) is 4.28. The second kappa shape index (κ2) is 16.1. The SMILES string of the molecule is COCCCC1Oc2c(cc(OC3CCCCC3)c3cc(O)ccc23)C(O)C1C1COc2c(Cc3cc(O)ccc3-c3cccc(O)c3)cc(OC)cc2C1O. The van der Waals surface area contributed by atoms with E-state index < -0.39 is 30.1 Å². The number of aliphatic hydroxyl groups excluding tert-OH is 2. The molecule has 10 nitrogen and oxygen atoms in total. The summed E-state index contributed by atoms with van der Waals surface area (Å²) in [6.45, 7) is 0.617. The van der Waals surface area contributed by atoms with Crippen molar-refractivity contribution in [1.29, 1.82) is 0 Å². The van der Waals surface area contributed by atoms with E-state index in [1.165, 1.54) is 6.42 Å². The van der Waals surface area contributed by atoms with Crippen molar-refractivity contribution in [3.63, 3.8) is 0 Å².